The minimum Gasteiger partial charge on any atom is -0.197 e. The van der Waals surface area contributed by atoms with Crippen LogP contribution in [0.1, 0.15) is 84.5 Å². The van der Waals surface area contributed by atoms with Gasteiger partial charge in [-0.2, -0.15) is 5.26 Å². The Morgan fingerprint density at radius 2 is 1.75 bits per heavy atom. The number of nitrogens with zero attached hydrogens (tertiary/aromatic N) is 1. The van der Waals surface area contributed by atoms with Gasteiger partial charge in [-0.3, -0.25) is 0 Å². The minimum atomic E-state index is -0.0819. The average molecular weight is 273 g/mol. The van der Waals surface area contributed by atoms with Gasteiger partial charge in [0.15, 0.2) is 0 Å². The van der Waals surface area contributed by atoms with Crippen LogP contribution in [0.4, 0.5) is 0 Å². The van der Waals surface area contributed by atoms with Crippen molar-refractivity contribution in [3.05, 3.63) is 11.6 Å². The summed E-state index contributed by atoms with van der Waals surface area (Å²) in [7, 11) is 0. The summed E-state index contributed by atoms with van der Waals surface area (Å²) >= 11 is 0. The van der Waals surface area contributed by atoms with Gasteiger partial charge in [-0.25, -0.2) is 0 Å². The van der Waals surface area contributed by atoms with Crippen molar-refractivity contribution in [2.75, 3.05) is 0 Å². The molecule has 0 aromatic heterocycles. The van der Waals surface area contributed by atoms with Crippen molar-refractivity contribution in [2.45, 2.75) is 84.5 Å². The van der Waals surface area contributed by atoms with Crippen LogP contribution in [-0.2, 0) is 0 Å². The number of allylic oxidation sites excluding steroid dienone is 2. The van der Waals surface area contributed by atoms with Crippen molar-refractivity contribution in [1.82, 2.24) is 0 Å². The minimum absolute atomic E-state index is 0.0819. The van der Waals surface area contributed by atoms with Crippen molar-refractivity contribution in [3.8, 4) is 6.07 Å². The van der Waals surface area contributed by atoms with Gasteiger partial charge in [0.05, 0.1) is 11.5 Å². The number of hydrogen-bond acceptors (Lipinski definition) is 1. The fourth-order valence-corrected chi connectivity index (χ4v) is 4.37. The van der Waals surface area contributed by atoms with E-state index in [0.717, 1.165) is 24.7 Å². The van der Waals surface area contributed by atoms with E-state index in [1.165, 1.54) is 63.4 Å². The van der Waals surface area contributed by atoms with Gasteiger partial charge in [-0.15, -0.1) is 0 Å². The van der Waals surface area contributed by atoms with Crippen LogP contribution < -0.4 is 0 Å². The Morgan fingerprint density at radius 1 is 1.10 bits per heavy atom. The summed E-state index contributed by atoms with van der Waals surface area (Å²) in [6.07, 6.45) is 16.3. The summed E-state index contributed by atoms with van der Waals surface area (Å²) in [4.78, 5) is 0. The van der Waals surface area contributed by atoms with Crippen LogP contribution in [0, 0.1) is 28.6 Å². The van der Waals surface area contributed by atoms with Crippen molar-refractivity contribution < 1.29 is 0 Å². The first-order valence-electron chi connectivity index (χ1n) is 8.84. The fraction of sp³-hybridized carbons (Fsp3) is 0.842. The van der Waals surface area contributed by atoms with Crippen molar-refractivity contribution in [1.29, 1.82) is 5.26 Å². The molecule has 0 bridgehead atoms. The molecule has 1 atom stereocenters. The SMILES string of the molecule is CCC[C@H]1CC=C([C@]2(C#N)CC[C@H](CCC)CC2)CC1. The predicted molar refractivity (Wildman–Crippen MR) is 85.2 cm³/mol. The van der Waals surface area contributed by atoms with E-state index in [1.54, 1.807) is 0 Å². The second kappa shape index (κ2) is 7.30. The summed E-state index contributed by atoms with van der Waals surface area (Å²) in [5, 5.41) is 9.79. The second-order valence-electron chi connectivity index (χ2n) is 7.08. The highest BCUT2D eigenvalue weighted by Gasteiger charge is 2.39. The average Bonchev–Trinajstić information content (AvgIpc) is 2.50. The lowest BCUT2D eigenvalue weighted by atomic mass is 9.64. The molecule has 0 saturated heterocycles. The standard InChI is InChI=1S/C19H31N/c1-3-5-16-7-9-18(10-8-16)19(15-20)13-11-17(6-4-2)12-14-19/h9,16-17H,3-8,10-14H2,1-2H3/t16-,17-,19+/m0/s1. The predicted octanol–water partition coefficient (Wildman–Crippen LogP) is 6.01. The molecule has 0 heterocycles. The Kier molecular flexibility index (Phi) is 5.70. The Morgan fingerprint density at radius 3 is 2.25 bits per heavy atom. The van der Waals surface area contributed by atoms with E-state index in [-0.39, 0.29) is 5.41 Å². The lowest BCUT2D eigenvalue weighted by Gasteiger charge is -2.39. The van der Waals surface area contributed by atoms with Crippen LogP contribution in [-0.4, -0.2) is 0 Å². The van der Waals surface area contributed by atoms with Crippen LogP contribution in [0.2, 0.25) is 0 Å². The molecule has 2 rings (SSSR count). The highest BCUT2D eigenvalue weighted by atomic mass is 14.4. The Balaban J connectivity index is 1.98. The van der Waals surface area contributed by atoms with Gasteiger partial charge in [0.25, 0.3) is 0 Å². The largest absolute Gasteiger partial charge is 0.197 e. The Labute approximate surface area is 125 Å². The smallest absolute Gasteiger partial charge is 0.0782 e. The molecule has 1 saturated carbocycles. The molecule has 2 aliphatic carbocycles. The van der Waals surface area contributed by atoms with Gasteiger partial charge in [-0.05, 0) is 56.8 Å². The molecular formula is C19H31N. The molecule has 2 aliphatic rings. The van der Waals surface area contributed by atoms with E-state index >= 15 is 0 Å². The van der Waals surface area contributed by atoms with Crippen LogP contribution >= 0.6 is 0 Å². The third-order valence-corrected chi connectivity index (χ3v) is 5.70. The number of rotatable bonds is 5. The normalized spacial score (nSPS) is 34.4. The molecule has 112 valence electrons. The lowest BCUT2D eigenvalue weighted by molar-refractivity contribution is 0.224. The fourth-order valence-electron chi connectivity index (χ4n) is 4.37. The van der Waals surface area contributed by atoms with E-state index in [1.807, 2.05) is 0 Å². The molecule has 0 spiro atoms. The zero-order chi connectivity index (χ0) is 14.4. The first kappa shape index (κ1) is 15.6. The quantitative estimate of drug-likeness (QED) is 0.562. The maximum atomic E-state index is 9.79. The van der Waals surface area contributed by atoms with E-state index in [4.69, 9.17) is 0 Å². The van der Waals surface area contributed by atoms with E-state index < -0.39 is 0 Å². The molecule has 0 N–H and O–H groups in total. The first-order chi connectivity index (χ1) is 9.74. The Bertz CT molecular complexity index is 366. The molecule has 0 radical (unpaired) electrons. The number of hydrogen-bond donors (Lipinski definition) is 0. The zero-order valence-corrected chi connectivity index (χ0v) is 13.5. The molecule has 0 aromatic rings. The van der Waals surface area contributed by atoms with Crippen LogP contribution in [0.3, 0.4) is 0 Å². The topological polar surface area (TPSA) is 23.8 Å². The summed E-state index contributed by atoms with van der Waals surface area (Å²) in [5.41, 5.74) is 1.42. The third-order valence-electron chi connectivity index (χ3n) is 5.70. The second-order valence-corrected chi connectivity index (χ2v) is 7.08. The third kappa shape index (κ3) is 3.46. The van der Waals surface area contributed by atoms with Crippen molar-refractivity contribution in [2.24, 2.45) is 17.3 Å². The van der Waals surface area contributed by atoms with Gasteiger partial charge in [0, 0.05) is 0 Å². The molecule has 0 aromatic carbocycles. The Hall–Kier alpha value is -0.770. The molecule has 1 heteroatoms. The highest BCUT2D eigenvalue weighted by molar-refractivity contribution is 5.26. The molecule has 1 nitrogen and oxygen atoms in total. The number of nitriles is 1. The maximum Gasteiger partial charge on any atom is 0.0782 e. The van der Waals surface area contributed by atoms with Gasteiger partial charge < -0.3 is 0 Å². The molecule has 1 fully saturated rings. The molecule has 0 amide bonds. The van der Waals surface area contributed by atoms with Crippen molar-refractivity contribution >= 4 is 0 Å². The monoisotopic (exact) mass is 273 g/mol. The van der Waals surface area contributed by atoms with Gasteiger partial charge in [0.2, 0.25) is 0 Å². The summed E-state index contributed by atoms with van der Waals surface area (Å²) < 4.78 is 0. The zero-order valence-electron chi connectivity index (χ0n) is 13.5. The molecular weight excluding hydrogens is 242 g/mol. The molecule has 20 heavy (non-hydrogen) atoms. The van der Waals surface area contributed by atoms with Gasteiger partial charge >= 0.3 is 0 Å². The molecule has 0 aliphatic heterocycles. The summed E-state index contributed by atoms with van der Waals surface area (Å²) in [6, 6.07) is 2.73. The highest BCUT2D eigenvalue weighted by Crippen LogP contribution is 2.48. The molecule has 0 unspecified atom stereocenters. The van der Waals surface area contributed by atoms with E-state index in [2.05, 4.69) is 26.0 Å². The van der Waals surface area contributed by atoms with Gasteiger partial charge in [-0.1, -0.05) is 51.2 Å². The summed E-state index contributed by atoms with van der Waals surface area (Å²) in [5.74, 6) is 1.77. The van der Waals surface area contributed by atoms with Crippen LogP contribution in [0.15, 0.2) is 11.6 Å². The van der Waals surface area contributed by atoms with Crippen LogP contribution in [0.5, 0.6) is 0 Å². The van der Waals surface area contributed by atoms with Crippen molar-refractivity contribution in [3.63, 3.8) is 0 Å². The first-order valence-corrected chi connectivity index (χ1v) is 8.84. The lowest BCUT2D eigenvalue weighted by Crippen LogP contribution is -2.29. The van der Waals surface area contributed by atoms with E-state index in [0.29, 0.717) is 0 Å². The van der Waals surface area contributed by atoms with Crippen LogP contribution in [0.25, 0.3) is 0 Å². The maximum absolute atomic E-state index is 9.79. The van der Waals surface area contributed by atoms with E-state index in [9.17, 15) is 5.26 Å². The van der Waals surface area contributed by atoms with Gasteiger partial charge in [0.1, 0.15) is 0 Å². The summed E-state index contributed by atoms with van der Waals surface area (Å²) in [6.45, 7) is 4.56.